The normalized spacial score (nSPS) is 55.2. The van der Waals surface area contributed by atoms with Crippen molar-refractivity contribution in [3.8, 4) is 0 Å². The van der Waals surface area contributed by atoms with Crippen LogP contribution >= 0.6 is 0 Å². The monoisotopic (exact) mass is 278 g/mol. The first-order chi connectivity index (χ1) is 8.96. The zero-order chi connectivity index (χ0) is 15.2. The lowest BCUT2D eigenvalue weighted by atomic mass is 9.86. The van der Waals surface area contributed by atoms with E-state index in [4.69, 9.17) is 4.74 Å². The van der Waals surface area contributed by atoms with Gasteiger partial charge in [0.05, 0.1) is 5.41 Å². The van der Waals surface area contributed by atoms with Crippen LogP contribution in [-0.2, 0) is 9.53 Å². The predicted molar refractivity (Wildman–Crippen MR) is 80.2 cm³/mol. The van der Waals surface area contributed by atoms with Gasteiger partial charge in [-0.3, -0.25) is 4.79 Å². The standard InChI is InChI=1S/C18H30O2/c1-8-12-9-18(7,17(6)11-15(12,17)4)20-13(19)16(5)10-14(16,2)3/h12H,8-11H2,1-7H3. The van der Waals surface area contributed by atoms with E-state index < -0.39 is 0 Å². The van der Waals surface area contributed by atoms with E-state index in [0.29, 0.717) is 11.3 Å². The van der Waals surface area contributed by atoms with Crippen molar-refractivity contribution in [1.29, 1.82) is 0 Å². The van der Waals surface area contributed by atoms with Crippen molar-refractivity contribution in [2.75, 3.05) is 0 Å². The molecule has 0 amide bonds. The quantitative estimate of drug-likeness (QED) is 0.707. The van der Waals surface area contributed by atoms with Gasteiger partial charge in [0.15, 0.2) is 0 Å². The molecule has 0 saturated heterocycles. The maximum Gasteiger partial charge on any atom is 0.312 e. The Balaban J connectivity index is 1.80. The van der Waals surface area contributed by atoms with Gasteiger partial charge in [-0.25, -0.2) is 0 Å². The number of hydrogen-bond donors (Lipinski definition) is 0. The second-order valence-corrected chi connectivity index (χ2v) is 9.25. The molecule has 3 aliphatic carbocycles. The number of ether oxygens (including phenoxy) is 1. The Labute approximate surface area is 123 Å². The summed E-state index contributed by atoms with van der Waals surface area (Å²) < 4.78 is 6.18. The molecule has 0 aliphatic heterocycles. The molecule has 3 fully saturated rings. The second kappa shape index (κ2) is 3.44. The molecule has 2 nitrogen and oxygen atoms in total. The van der Waals surface area contributed by atoms with Crippen LogP contribution in [0.3, 0.4) is 0 Å². The molecule has 0 aromatic carbocycles. The first-order valence-electron chi connectivity index (χ1n) is 8.19. The summed E-state index contributed by atoms with van der Waals surface area (Å²) in [6, 6.07) is 0. The van der Waals surface area contributed by atoms with E-state index in [1.165, 1.54) is 12.8 Å². The summed E-state index contributed by atoms with van der Waals surface area (Å²) in [5.41, 5.74) is 0.155. The molecule has 0 bridgehead atoms. The van der Waals surface area contributed by atoms with Crippen molar-refractivity contribution in [3.05, 3.63) is 0 Å². The highest BCUT2D eigenvalue weighted by molar-refractivity contribution is 5.81. The van der Waals surface area contributed by atoms with E-state index in [-0.39, 0.29) is 27.8 Å². The molecule has 20 heavy (non-hydrogen) atoms. The lowest BCUT2D eigenvalue weighted by Gasteiger charge is -2.35. The van der Waals surface area contributed by atoms with Crippen molar-refractivity contribution in [2.24, 2.45) is 27.6 Å². The highest BCUT2D eigenvalue weighted by atomic mass is 16.6. The smallest absolute Gasteiger partial charge is 0.312 e. The lowest BCUT2D eigenvalue weighted by Crippen LogP contribution is -2.40. The van der Waals surface area contributed by atoms with E-state index in [0.717, 1.165) is 12.8 Å². The predicted octanol–water partition coefficient (Wildman–Crippen LogP) is 4.57. The minimum Gasteiger partial charge on any atom is -0.458 e. The van der Waals surface area contributed by atoms with Gasteiger partial charge in [-0.1, -0.05) is 41.0 Å². The Hall–Kier alpha value is -0.530. The number of rotatable bonds is 3. The molecule has 0 aromatic heterocycles. The maximum atomic E-state index is 12.7. The van der Waals surface area contributed by atoms with Gasteiger partial charge in [-0.15, -0.1) is 0 Å². The van der Waals surface area contributed by atoms with Crippen LogP contribution in [0.4, 0.5) is 0 Å². The van der Waals surface area contributed by atoms with E-state index in [9.17, 15) is 4.79 Å². The topological polar surface area (TPSA) is 26.3 Å². The van der Waals surface area contributed by atoms with Gasteiger partial charge >= 0.3 is 5.97 Å². The summed E-state index contributed by atoms with van der Waals surface area (Å²) >= 11 is 0. The van der Waals surface area contributed by atoms with Gasteiger partial charge in [0.2, 0.25) is 0 Å². The van der Waals surface area contributed by atoms with Crippen molar-refractivity contribution < 1.29 is 9.53 Å². The molecule has 0 N–H and O–H groups in total. The van der Waals surface area contributed by atoms with Crippen LogP contribution in [0.5, 0.6) is 0 Å². The average molecular weight is 278 g/mol. The molecule has 5 unspecified atom stereocenters. The fourth-order valence-corrected chi connectivity index (χ4v) is 5.25. The molecule has 0 spiro atoms. The Morgan fingerprint density at radius 2 is 1.65 bits per heavy atom. The van der Waals surface area contributed by atoms with Crippen molar-refractivity contribution in [1.82, 2.24) is 0 Å². The van der Waals surface area contributed by atoms with Crippen molar-refractivity contribution in [2.45, 2.75) is 79.8 Å². The summed E-state index contributed by atoms with van der Waals surface area (Å²) in [6.45, 7) is 15.6. The minimum absolute atomic E-state index is 0.0391. The number of carbonyl (C=O) groups excluding carboxylic acids is 1. The Bertz CT molecular complexity index is 482. The molecule has 0 radical (unpaired) electrons. The molecule has 0 aromatic rings. The maximum absolute atomic E-state index is 12.7. The van der Waals surface area contributed by atoms with Crippen molar-refractivity contribution >= 4 is 5.97 Å². The fourth-order valence-electron chi connectivity index (χ4n) is 5.25. The van der Waals surface area contributed by atoms with Gasteiger partial charge in [-0.2, -0.15) is 0 Å². The molecule has 3 rings (SSSR count). The number of fused-ring (bicyclic) bond motifs is 1. The van der Waals surface area contributed by atoms with Crippen LogP contribution in [-0.4, -0.2) is 11.6 Å². The van der Waals surface area contributed by atoms with Crippen LogP contribution in [0, 0.1) is 27.6 Å². The van der Waals surface area contributed by atoms with Gasteiger partial charge in [0.25, 0.3) is 0 Å². The third-order valence-electron chi connectivity index (χ3n) is 7.99. The van der Waals surface area contributed by atoms with Crippen LogP contribution in [0.2, 0.25) is 0 Å². The number of hydrogen-bond acceptors (Lipinski definition) is 2. The van der Waals surface area contributed by atoms with Gasteiger partial charge in [-0.05, 0) is 49.9 Å². The summed E-state index contributed by atoms with van der Waals surface area (Å²) in [6.07, 6.45) is 4.41. The van der Waals surface area contributed by atoms with Gasteiger partial charge < -0.3 is 4.74 Å². The number of esters is 1. The first kappa shape index (κ1) is 14.4. The SMILES string of the molecule is CCC1CC(C)(OC(=O)C2(C)CC2(C)C)C2(C)CC12C. The Kier molecular flexibility index (Phi) is 2.48. The zero-order valence-electron chi connectivity index (χ0n) is 14.2. The number of carbonyl (C=O) groups is 1. The highest BCUT2D eigenvalue weighted by Crippen LogP contribution is 2.80. The largest absolute Gasteiger partial charge is 0.458 e. The van der Waals surface area contributed by atoms with Crippen LogP contribution in [0.25, 0.3) is 0 Å². The Morgan fingerprint density at radius 1 is 1.10 bits per heavy atom. The van der Waals surface area contributed by atoms with E-state index in [1.807, 2.05) is 0 Å². The van der Waals surface area contributed by atoms with Crippen LogP contribution in [0.15, 0.2) is 0 Å². The zero-order valence-corrected chi connectivity index (χ0v) is 14.2. The molecular formula is C18H30O2. The molecule has 0 heterocycles. The molecule has 2 heteroatoms. The fraction of sp³-hybridized carbons (Fsp3) is 0.944. The molecule has 3 saturated carbocycles. The molecular weight excluding hydrogens is 248 g/mol. The first-order valence-corrected chi connectivity index (χ1v) is 8.19. The van der Waals surface area contributed by atoms with Crippen LogP contribution < -0.4 is 0 Å². The summed E-state index contributed by atoms with van der Waals surface area (Å²) in [4.78, 5) is 12.7. The molecule has 5 atom stereocenters. The lowest BCUT2D eigenvalue weighted by molar-refractivity contribution is -0.172. The van der Waals surface area contributed by atoms with Gasteiger partial charge in [0, 0.05) is 5.41 Å². The second-order valence-electron chi connectivity index (χ2n) is 9.25. The summed E-state index contributed by atoms with van der Waals surface area (Å²) in [5.74, 6) is 0.738. The van der Waals surface area contributed by atoms with Crippen molar-refractivity contribution in [3.63, 3.8) is 0 Å². The average Bonchev–Trinajstić information content (AvgIpc) is 3.06. The minimum atomic E-state index is -0.263. The van der Waals surface area contributed by atoms with Gasteiger partial charge in [0.1, 0.15) is 5.60 Å². The molecule has 3 aliphatic rings. The van der Waals surface area contributed by atoms with E-state index in [1.54, 1.807) is 0 Å². The van der Waals surface area contributed by atoms with Crippen LogP contribution in [0.1, 0.15) is 74.1 Å². The Morgan fingerprint density at radius 3 is 2.05 bits per heavy atom. The summed E-state index contributed by atoms with van der Waals surface area (Å²) in [5, 5.41) is 0. The van der Waals surface area contributed by atoms with E-state index >= 15 is 0 Å². The third-order valence-corrected chi connectivity index (χ3v) is 7.99. The van der Waals surface area contributed by atoms with E-state index in [2.05, 4.69) is 48.5 Å². The summed E-state index contributed by atoms with van der Waals surface area (Å²) in [7, 11) is 0. The molecule has 114 valence electrons. The third kappa shape index (κ3) is 1.39. The highest BCUT2D eigenvalue weighted by Gasteiger charge is 2.79.